The van der Waals surface area contributed by atoms with E-state index in [4.69, 9.17) is 9.47 Å². The second-order valence-corrected chi connectivity index (χ2v) is 4.27. The van der Waals surface area contributed by atoms with Crippen molar-refractivity contribution in [3.05, 3.63) is 53.7 Å². The van der Waals surface area contributed by atoms with Crippen LogP contribution in [0, 0.1) is 6.92 Å². The molecule has 0 bridgehead atoms. The number of methoxy groups -OCH3 is 1. The number of carbonyl (C=O) groups excluding carboxylic acids is 1. The van der Waals surface area contributed by atoms with Gasteiger partial charge in [-0.3, -0.25) is 5.32 Å². The highest BCUT2D eigenvalue weighted by molar-refractivity contribution is 5.83. The van der Waals surface area contributed by atoms with E-state index in [2.05, 4.69) is 10.3 Å². The first kappa shape index (κ1) is 13.9. The first-order valence-corrected chi connectivity index (χ1v) is 6.17. The van der Waals surface area contributed by atoms with E-state index in [0.29, 0.717) is 5.82 Å². The minimum Gasteiger partial charge on any atom is -0.497 e. The molecule has 0 aliphatic heterocycles. The Morgan fingerprint density at radius 1 is 1.25 bits per heavy atom. The van der Waals surface area contributed by atoms with Gasteiger partial charge in [-0.05, 0) is 42.3 Å². The molecule has 0 aliphatic carbocycles. The number of ether oxygens (including phenoxy) is 2. The van der Waals surface area contributed by atoms with Crippen molar-refractivity contribution in [3.63, 3.8) is 0 Å². The van der Waals surface area contributed by atoms with Crippen LogP contribution >= 0.6 is 0 Å². The van der Waals surface area contributed by atoms with Crippen LogP contribution < -0.4 is 10.1 Å². The van der Waals surface area contributed by atoms with Crippen molar-refractivity contribution >= 4 is 11.9 Å². The molecule has 5 nitrogen and oxygen atoms in total. The van der Waals surface area contributed by atoms with E-state index in [1.165, 1.54) is 0 Å². The zero-order chi connectivity index (χ0) is 14.4. The standard InChI is InChI=1S/C15H16N2O3/c1-11-7-8-16-14(9-11)17-15(18)20-10-12-3-5-13(19-2)6-4-12/h3-9H,10H2,1-2H3,(H,16,17,18). The molecule has 0 unspecified atom stereocenters. The number of pyridine rings is 1. The number of hydrogen-bond acceptors (Lipinski definition) is 4. The van der Waals surface area contributed by atoms with Crippen molar-refractivity contribution in [3.8, 4) is 5.75 Å². The summed E-state index contributed by atoms with van der Waals surface area (Å²) in [6.45, 7) is 2.12. The van der Waals surface area contributed by atoms with Crippen LogP contribution in [0.25, 0.3) is 0 Å². The maximum atomic E-state index is 11.6. The Kier molecular flexibility index (Phi) is 4.55. The monoisotopic (exact) mass is 272 g/mol. The van der Waals surface area contributed by atoms with Gasteiger partial charge in [-0.1, -0.05) is 12.1 Å². The van der Waals surface area contributed by atoms with Crippen molar-refractivity contribution in [1.29, 1.82) is 0 Å². The molecule has 20 heavy (non-hydrogen) atoms. The predicted molar refractivity (Wildman–Crippen MR) is 75.8 cm³/mol. The number of carbonyl (C=O) groups is 1. The van der Waals surface area contributed by atoms with Crippen LogP contribution in [0.15, 0.2) is 42.6 Å². The maximum Gasteiger partial charge on any atom is 0.413 e. The van der Waals surface area contributed by atoms with Crippen molar-refractivity contribution in [2.45, 2.75) is 13.5 Å². The molecule has 1 aromatic heterocycles. The molecule has 0 saturated heterocycles. The van der Waals surface area contributed by atoms with Gasteiger partial charge in [0.1, 0.15) is 18.2 Å². The molecular formula is C15H16N2O3. The van der Waals surface area contributed by atoms with Crippen LogP contribution in [0.2, 0.25) is 0 Å². The summed E-state index contributed by atoms with van der Waals surface area (Å²) < 4.78 is 10.2. The summed E-state index contributed by atoms with van der Waals surface area (Å²) in [4.78, 5) is 15.7. The van der Waals surface area contributed by atoms with Gasteiger partial charge in [-0.2, -0.15) is 0 Å². The highest BCUT2D eigenvalue weighted by atomic mass is 16.5. The summed E-state index contributed by atoms with van der Waals surface area (Å²) in [5, 5.41) is 2.58. The van der Waals surface area contributed by atoms with Gasteiger partial charge in [-0.25, -0.2) is 9.78 Å². The number of benzene rings is 1. The number of nitrogens with zero attached hydrogens (tertiary/aromatic N) is 1. The third kappa shape index (κ3) is 3.98. The minimum absolute atomic E-state index is 0.196. The fraction of sp³-hybridized carbons (Fsp3) is 0.200. The van der Waals surface area contributed by atoms with E-state index >= 15 is 0 Å². The number of anilines is 1. The molecule has 0 saturated carbocycles. The molecule has 0 radical (unpaired) electrons. The Hall–Kier alpha value is -2.56. The van der Waals surface area contributed by atoms with Gasteiger partial charge in [-0.15, -0.1) is 0 Å². The molecule has 1 N–H and O–H groups in total. The van der Waals surface area contributed by atoms with Gasteiger partial charge in [0.2, 0.25) is 0 Å². The number of aromatic nitrogens is 1. The van der Waals surface area contributed by atoms with E-state index < -0.39 is 6.09 Å². The molecule has 0 fully saturated rings. The van der Waals surface area contributed by atoms with Crippen LogP contribution in [-0.2, 0) is 11.3 Å². The van der Waals surface area contributed by atoms with E-state index in [1.807, 2.05) is 37.3 Å². The number of rotatable bonds is 4. The first-order chi connectivity index (χ1) is 9.67. The lowest BCUT2D eigenvalue weighted by Gasteiger charge is -2.07. The topological polar surface area (TPSA) is 60.5 Å². The van der Waals surface area contributed by atoms with Gasteiger partial charge in [0.05, 0.1) is 7.11 Å². The van der Waals surface area contributed by atoms with E-state index in [9.17, 15) is 4.79 Å². The van der Waals surface area contributed by atoms with Gasteiger partial charge in [0, 0.05) is 6.20 Å². The van der Waals surface area contributed by atoms with Crippen molar-refractivity contribution in [2.24, 2.45) is 0 Å². The van der Waals surface area contributed by atoms with E-state index in [0.717, 1.165) is 16.9 Å². The highest BCUT2D eigenvalue weighted by Crippen LogP contribution is 2.12. The zero-order valence-electron chi connectivity index (χ0n) is 11.4. The van der Waals surface area contributed by atoms with E-state index in [-0.39, 0.29) is 6.61 Å². The molecule has 1 heterocycles. The minimum atomic E-state index is -0.529. The molecule has 2 rings (SSSR count). The maximum absolute atomic E-state index is 11.6. The molecule has 0 spiro atoms. The van der Waals surface area contributed by atoms with Gasteiger partial charge in [0.15, 0.2) is 0 Å². The Morgan fingerprint density at radius 2 is 2.00 bits per heavy atom. The smallest absolute Gasteiger partial charge is 0.413 e. The molecular weight excluding hydrogens is 256 g/mol. The summed E-state index contributed by atoms with van der Waals surface area (Å²) in [6, 6.07) is 11.0. The molecule has 0 aliphatic rings. The SMILES string of the molecule is COc1ccc(COC(=O)Nc2cc(C)ccn2)cc1. The second kappa shape index (κ2) is 6.56. The second-order valence-electron chi connectivity index (χ2n) is 4.27. The van der Waals surface area contributed by atoms with Gasteiger partial charge < -0.3 is 9.47 Å². The van der Waals surface area contributed by atoms with Crippen molar-refractivity contribution < 1.29 is 14.3 Å². The Labute approximate surface area is 117 Å². The fourth-order valence-corrected chi connectivity index (χ4v) is 1.62. The lowest BCUT2D eigenvalue weighted by Crippen LogP contribution is -2.14. The Morgan fingerprint density at radius 3 is 2.65 bits per heavy atom. The average molecular weight is 272 g/mol. The fourth-order valence-electron chi connectivity index (χ4n) is 1.62. The molecule has 1 amide bonds. The summed E-state index contributed by atoms with van der Waals surface area (Å²) in [7, 11) is 1.60. The number of hydrogen-bond donors (Lipinski definition) is 1. The number of nitrogens with one attached hydrogen (secondary N) is 1. The van der Waals surface area contributed by atoms with Crippen molar-refractivity contribution in [2.75, 3.05) is 12.4 Å². The van der Waals surface area contributed by atoms with Gasteiger partial charge >= 0.3 is 6.09 Å². The Bertz CT molecular complexity index is 582. The van der Waals surface area contributed by atoms with Gasteiger partial charge in [0.25, 0.3) is 0 Å². The summed E-state index contributed by atoms with van der Waals surface area (Å²) >= 11 is 0. The molecule has 2 aromatic rings. The lowest BCUT2D eigenvalue weighted by atomic mass is 10.2. The largest absolute Gasteiger partial charge is 0.497 e. The zero-order valence-corrected chi connectivity index (χ0v) is 11.4. The molecule has 5 heteroatoms. The highest BCUT2D eigenvalue weighted by Gasteiger charge is 2.05. The van der Waals surface area contributed by atoms with Crippen LogP contribution in [0.1, 0.15) is 11.1 Å². The van der Waals surface area contributed by atoms with Crippen LogP contribution in [0.4, 0.5) is 10.6 Å². The Balaban J connectivity index is 1.85. The summed E-state index contributed by atoms with van der Waals surface area (Å²) in [5.74, 6) is 1.24. The van der Waals surface area contributed by atoms with Crippen molar-refractivity contribution in [1.82, 2.24) is 4.98 Å². The normalized spacial score (nSPS) is 9.90. The quantitative estimate of drug-likeness (QED) is 0.928. The number of amides is 1. The van der Waals surface area contributed by atoms with Crippen LogP contribution in [0.5, 0.6) is 5.75 Å². The first-order valence-electron chi connectivity index (χ1n) is 6.17. The van der Waals surface area contributed by atoms with E-state index in [1.54, 1.807) is 19.4 Å². The van der Waals surface area contributed by atoms with Crippen LogP contribution in [-0.4, -0.2) is 18.2 Å². The predicted octanol–water partition coefficient (Wildman–Crippen LogP) is 3.15. The molecule has 104 valence electrons. The third-order valence-corrected chi connectivity index (χ3v) is 2.67. The number of aryl methyl sites for hydroxylation is 1. The molecule has 0 atom stereocenters. The molecule has 1 aromatic carbocycles. The van der Waals surface area contributed by atoms with Crippen LogP contribution in [0.3, 0.4) is 0 Å². The summed E-state index contributed by atoms with van der Waals surface area (Å²) in [6.07, 6.45) is 1.10. The average Bonchev–Trinajstić information content (AvgIpc) is 2.46. The third-order valence-electron chi connectivity index (χ3n) is 2.67. The summed E-state index contributed by atoms with van der Waals surface area (Å²) in [5.41, 5.74) is 1.91. The lowest BCUT2D eigenvalue weighted by molar-refractivity contribution is 0.155.